The maximum Gasteiger partial charge on any atom is 0.322 e. The van der Waals surface area contributed by atoms with Gasteiger partial charge in [0.2, 0.25) is 10.0 Å². The highest BCUT2D eigenvalue weighted by Crippen LogP contribution is 2.23. The number of aromatic nitrogens is 1. The molecule has 1 saturated heterocycles. The van der Waals surface area contributed by atoms with Crippen LogP contribution in [0.4, 0.5) is 11.4 Å². The lowest BCUT2D eigenvalue weighted by Crippen LogP contribution is -2.50. The molecular formula is C12H18N4O4S. The Labute approximate surface area is 123 Å². The number of nitrogen functional groups attached to an aromatic ring is 1. The van der Waals surface area contributed by atoms with Gasteiger partial charge in [0.25, 0.3) is 0 Å². The van der Waals surface area contributed by atoms with E-state index in [4.69, 9.17) is 5.73 Å². The third-order valence-corrected chi connectivity index (χ3v) is 5.08. The Balaban J connectivity index is 2.00. The van der Waals surface area contributed by atoms with Crippen LogP contribution in [0.5, 0.6) is 0 Å². The Morgan fingerprint density at radius 3 is 2.62 bits per heavy atom. The van der Waals surface area contributed by atoms with E-state index in [1.807, 2.05) is 4.90 Å². The maximum atomic E-state index is 12.0. The van der Waals surface area contributed by atoms with Crippen LogP contribution in [0.3, 0.4) is 0 Å². The number of hydrogen-bond donors (Lipinski definition) is 1. The monoisotopic (exact) mass is 314 g/mol. The van der Waals surface area contributed by atoms with Crippen molar-refractivity contribution in [1.82, 2.24) is 9.29 Å². The van der Waals surface area contributed by atoms with Crippen LogP contribution in [0.25, 0.3) is 0 Å². The molecule has 21 heavy (non-hydrogen) atoms. The fourth-order valence-electron chi connectivity index (χ4n) is 2.19. The van der Waals surface area contributed by atoms with Gasteiger partial charge in [0, 0.05) is 32.4 Å². The number of esters is 1. The number of nitrogens with two attached hydrogens (primary N) is 1. The van der Waals surface area contributed by atoms with Crippen LogP contribution in [-0.4, -0.2) is 62.7 Å². The van der Waals surface area contributed by atoms with Crippen LogP contribution >= 0.6 is 0 Å². The lowest BCUT2D eigenvalue weighted by molar-refractivity contribution is -0.137. The molecule has 0 unspecified atom stereocenters. The Morgan fingerprint density at radius 2 is 2.05 bits per heavy atom. The highest BCUT2D eigenvalue weighted by molar-refractivity contribution is 7.89. The summed E-state index contributed by atoms with van der Waals surface area (Å²) in [6.07, 6.45) is 3.21. The lowest BCUT2D eigenvalue weighted by Gasteiger charge is -2.35. The summed E-state index contributed by atoms with van der Waals surface area (Å²) in [5, 5.41) is 0. The summed E-state index contributed by atoms with van der Waals surface area (Å²) in [5.41, 5.74) is 7.26. The van der Waals surface area contributed by atoms with Crippen molar-refractivity contribution >= 4 is 27.4 Å². The van der Waals surface area contributed by atoms with E-state index in [-0.39, 0.29) is 0 Å². The first kappa shape index (κ1) is 15.5. The number of sulfonamides is 1. The van der Waals surface area contributed by atoms with E-state index in [2.05, 4.69) is 9.72 Å². The fraction of sp³-hybridized carbons (Fsp3) is 0.500. The summed E-state index contributed by atoms with van der Waals surface area (Å²) < 4.78 is 29.8. The Kier molecular flexibility index (Phi) is 4.63. The highest BCUT2D eigenvalue weighted by atomic mass is 32.2. The third-order valence-electron chi connectivity index (χ3n) is 3.33. The van der Waals surface area contributed by atoms with Gasteiger partial charge in [-0.25, -0.2) is 8.42 Å². The Morgan fingerprint density at radius 1 is 1.38 bits per heavy atom. The number of carbonyl (C=O) groups excluding carboxylic acids is 1. The van der Waals surface area contributed by atoms with Crippen LogP contribution in [0.1, 0.15) is 0 Å². The molecule has 2 rings (SSSR count). The fourth-order valence-corrected chi connectivity index (χ4v) is 3.51. The van der Waals surface area contributed by atoms with Crippen LogP contribution in [0.2, 0.25) is 0 Å². The predicted octanol–water partition coefficient (Wildman–Crippen LogP) is -0.711. The van der Waals surface area contributed by atoms with Crippen molar-refractivity contribution in [3.05, 3.63) is 18.5 Å². The minimum atomic E-state index is -3.62. The molecule has 1 aromatic heterocycles. The van der Waals surface area contributed by atoms with Crippen molar-refractivity contribution in [3.63, 3.8) is 0 Å². The van der Waals surface area contributed by atoms with E-state index in [0.717, 1.165) is 5.69 Å². The largest absolute Gasteiger partial charge is 0.468 e. The molecule has 0 atom stereocenters. The van der Waals surface area contributed by atoms with Crippen LogP contribution < -0.4 is 10.6 Å². The number of anilines is 2. The number of ether oxygens (including phenoxy) is 1. The smallest absolute Gasteiger partial charge is 0.322 e. The molecule has 0 radical (unpaired) electrons. The minimum Gasteiger partial charge on any atom is -0.468 e. The number of nitrogens with zero attached hydrogens (tertiary/aromatic N) is 3. The first-order chi connectivity index (χ1) is 9.94. The van der Waals surface area contributed by atoms with Crippen molar-refractivity contribution in [2.45, 2.75) is 0 Å². The zero-order chi connectivity index (χ0) is 15.5. The molecule has 0 aliphatic carbocycles. The van der Waals surface area contributed by atoms with Gasteiger partial charge < -0.3 is 15.4 Å². The topological polar surface area (TPSA) is 106 Å². The summed E-state index contributed by atoms with van der Waals surface area (Å²) in [4.78, 5) is 17.1. The van der Waals surface area contributed by atoms with Crippen molar-refractivity contribution in [2.75, 3.05) is 49.7 Å². The van der Waals surface area contributed by atoms with Crippen molar-refractivity contribution in [3.8, 4) is 0 Å². The number of rotatable bonds is 4. The molecule has 1 aromatic rings. The van der Waals surface area contributed by atoms with Crippen molar-refractivity contribution in [2.24, 2.45) is 0 Å². The van der Waals surface area contributed by atoms with E-state index < -0.39 is 21.7 Å². The first-order valence-corrected chi connectivity index (χ1v) is 8.04. The molecule has 2 heterocycles. The Bertz CT molecular complexity index is 611. The molecule has 0 aromatic carbocycles. The van der Waals surface area contributed by atoms with Gasteiger partial charge in [-0.3, -0.25) is 9.78 Å². The van der Waals surface area contributed by atoms with Crippen LogP contribution in [0.15, 0.2) is 18.5 Å². The number of methoxy groups -OCH3 is 1. The molecule has 2 N–H and O–H groups in total. The number of hydrogen-bond acceptors (Lipinski definition) is 7. The summed E-state index contributed by atoms with van der Waals surface area (Å²) in [5.74, 6) is -1.38. The SMILES string of the molecule is COC(=O)CS(=O)(=O)N1CCN(c2ccncc2N)CC1. The van der Waals surface area contributed by atoms with Gasteiger partial charge in [-0.05, 0) is 6.07 Å². The minimum absolute atomic E-state index is 0.307. The molecule has 9 heteroatoms. The van der Waals surface area contributed by atoms with Crippen LogP contribution in [0, 0.1) is 0 Å². The zero-order valence-corrected chi connectivity index (χ0v) is 12.5. The van der Waals surface area contributed by atoms with Gasteiger partial charge in [0.05, 0.1) is 24.7 Å². The molecule has 116 valence electrons. The second-order valence-corrected chi connectivity index (χ2v) is 6.62. The summed E-state index contributed by atoms with van der Waals surface area (Å²) in [6.45, 7) is 1.63. The number of pyridine rings is 1. The van der Waals surface area contributed by atoms with E-state index in [0.29, 0.717) is 31.9 Å². The van der Waals surface area contributed by atoms with E-state index in [9.17, 15) is 13.2 Å². The van der Waals surface area contributed by atoms with Crippen molar-refractivity contribution in [1.29, 1.82) is 0 Å². The van der Waals surface area contributed by atoms with E-state index in [1.54, 1.807) is 18.5 Å². The first-order valence-electron chi connectivity index (χ1n) is 6.43. The molecule has 1 fully saturated rings. The molecular weight excluding hydrogens is 296 g/mol. The average Bonchev–Trinajstić information content (AvgIpc) is 2.47. The van der Waals surface area contributed by atoms with E-state index in [1.165, 1.54) is 11.4 Å². The second kappa shape index (κ2) is 6.27. The molecule has 0 amide bonds. The lowest BCUT2D eigenvalue weighted by atomic mass is 10.2. The number of carbonyl (C=O) groups is 1. The van der Waals surface area contributed by atoms with Gasteiger partial charge in [0.1, 0.15) is 0 Å². The normalized spacial score (nSPS) is 16.7. The predicted molar refractivity (Wildman–Crippen MR) is 78.2 cm³/mol. The quantitative estimate of drug-likeness (QED) is 0.732. The molecule has 0 saturated carbocycles. The molecule has 8 nitrogen and oxygen atoms in total. The van der Waals surface area contributed by atoms with Gasteiger partial charge in [-0.1, -0.05) is 0 Å². The van der Waals surface area contributed by atoms with Gasteiger partial charge in [0.15, 0.2) is 5.75 Å². The molecule has 1 aliphatic heterocycles. The number of piperazine rings is 1. The van der Waals surface area contributed by atoms with Gasteiger partial charge >= 0.3 is 5.97 Å². The molecule has 0 bridgehead atoms. The second-order valence-electron chi connectivity index (χ2n) is 4.65. The third kappa shape index (κ3) is 3.61. The maximum absolute atomic E-state index is 12.0. The van der Waals surface area contributed by atoms with Gasteiger partial charge in [-0.2, -0.15) is 4.31 Å². The molecule has 0 spiro atoms. The zero-order valence-electron chi connectivity index (χ0n) is 11.7. The summed E-state index contributed by atoms with van der Waals surface area (Å²) in [7, 11) is -2.45. The van der Waals surface area contributed by atoms with Crippen molar-refractivity contribution < 1.29 is 17.9 Å². The average molecular weight is 314 g/mol. The highest BCUT2D eigenvalue weighted by Gasteiger charge is 2.29. The van der Waals surface area contributed by atoms with Gasteiger partial charge in [-0.15, -0.1) is 0 Å². The summed E-state index contributed by atoms with van der Waals surface area (Å²) in [6, 6.07) is 1.80. The Hall–Kier alpha value is -1.87. The standard InChI is InChI=1S/C12H18N4O4S/c1-20-12(17)9-21(18,19)16-6-4-15(5-7-16)11-2-3-14-8-10(11)13/h2-3,8H,4-7,9,13H2,1H3. The van der Waals surface area contributed by atoms with Crippen LogP contribution in [-0.2, 0) is 19.6 Å². The summed E-state index contributed by atoms with van der Waals surface area (Å²) >= 11 is 0. The van der Waals surface area contributed by atoms with E-state index >= 15 is 0 Å². The molecule has 1 aliphatic rings.